The Bertz CT molecular complexity index is 1130. The Morgan fingerprint density at radius 3 is 2.58 bits per heavy atom. The van der Waals surface area contributed by atoms with Crippen molar-refractivity contribution < 1.29 is 14.3 Å². The smallest absolute Gasteiger partial charge is 0.257 e. The van der Waals surface area contributed by atoms with E-state index in [9.17, 15) is 4.79 Å². The topological polar surface area (TPSA) is 56.6 Å². The molecule has 1 amide bonds. The van der Waals surface area contributed by atoms with Crippen LogP contribution in [-0.2, 0) is 12.6 Å². The number of ether oxygens (including phenoxy) is 2. The summed E-state index contributed by atoms with van der Waals surface area (Å²) in [6, 6.07) is 15.6. The number of carbonyl (C=O) groups excluding carboxylic acids is 1. The van der Waals surface area contributed by atoms with E-state index in [4.69, 9.17) is 9.47 Å². The number of nitrogens with zero attached hydrogens (tertiary/aromatic N) is 3. The second kappa shape index (κ2) is 7.45. The largest absolute Gasteiger partial charge is 0.490 e. The van der Waals surface area contributed by atoms with E-state index < -0.39 is 5.60 Å². The van der Waals surface area contributed by atoms with Gasteiger partial charge in [0.05, 0.1) is 23.6 Å². The summed E-state index contributed by atoms with van der Waals surface area (Å²) in [6.07, 6.45) is 3.38. The second-order valence-electron chi connectivity index (χ2n) is 8.58. The lowest BCUT2D eigenvalue weighted by Crippen LogP contribution is -2.49. The van der Waals surface area contributed by atoms with Gasteiger partial charge in [0.2, 0.25) is 0 Å². The standard InChI is InChI=1S/C25H27N3O3/c1-17(2)30-21-10-6-5-9-19(21)24(29)28-14-12-25(13-15-28)20-16-26-27(3)23(20)18-8-4-7-11-22(18)31-25/h4-11,16-17H,12-15H2,1-3H3. The minimum Gasteiger partial charge on any atom is -0.490 e. The maximum Gasteiger partial charge on any atom is 0.257 e. The summed E-state index contributed by atoms with van der Waals surface area (Å²) >= 11 is 0. The first kappa shape index (κ1) is 19.7. The zero-order valence-electron chi connectivity index (χ0n) is 18.2. The minimum atomic E-state index is -0.456. The lowest BCUT2D eigenvalue weighted by atomic mass is 9.81. The number of likely N-dealkylation sites (tertiary alicyclic amines) is 1. The average Bonchev–Trinajstić information content (AvgIpc) is 3.17. The molecule has 1 spiro atoms. The maximum atomic E-state index is 13.3. The second-order valence-corrected chi connectivity index (χ2v) is 8.58. The third-order valence-electron chi connectivity index (χ3n) is 6.22. The van der Waals surface area contributed by atoms with Gasteiger partial charge in [-0.3, -0.25) is 9.48 Å². The number of hydrogen-bond acceptors (Lipinski definition) is 4. The Labute approximate surface area is 182 Å². The van der Waals surface area contributed by atoms with Crippen LogP contribution in [0.25, 0.3) is 11.3 Å². The number of carbonyl (C=O) groups is 1. The molecule has 2 aliphatic rings. The predicted molar refractivity (Wildman–Crippen MR) is 118 cm³/mol. The van der Waals surface area contributed by atoms with E-state index in [-0.39, 0.29) is 12.0 Å². The number of hydrogen-bond donors (Lipinski definition) is 0. The molecule has 3 aromatic rings. The van der Waals surface area contributed by atoms with Gasteiger partial charge in [0.1, 0.15) is 17.1 Å². The van der Waals surface area contributed by atoms with Crippen LogP contribution in [0, 0.1) is 0 Å². The van der Waals surface area contributed by atoms with Gasteiger partial charge in [-0.25, -0.2) is 0 Å². The van der Waals surface area contributed by atoms with Gasteiger partial charge in [0.15, 0.2) is 0 Å². The van der Waals surface area contributed by atoms with Crippen LogP contribution in [0.15, 0.2) is 54.7 Å². The van der Waals surface area contributed by atoms with Gasteiger partial charge in [-0.1, -0.05) is 24.3 Å². The fraction of sp³-hybridized carbons (Fsp3) is 0.360. The Morgan fingerprint density at radius 1 is 1.10 bits per heavy atom. The summed E-state index contributed by atoms with van der Waals surface area (Å²) in [6.45, 7) is 5.17. The third-order valence-corrected chi connectivity index (χ3v) is 6.22. The zero-order valence-corrected chi connectivity index (χ0v) is 18.2. The lowest BCUT2D eigenvalue weighted by Gasteiger charge is -2.44. The van der Waals surface area contributed by atoms with Crippen LogP contribution in [0.5, 0.6) is 11.5 Å². The van der Waals surface area contributed by atoms with Crippen LogP contribution < -0.4 is 9.47 Å². The molecule has 6 heteroatoms. The number of piperidine rings is 1. The average molecular weight is 418 g/mol. The lowest BCUT2D eigenvalue weighted by molar-refractivity contribution is -0.00183. The first-order chi connectivity index (χ1) is 15.0. The van der Waals surface area contributed by atoms with Crippen molar-refractivity contribution in [3.63, 3.8) is 0 Å². The number of fused-ring (bicyclic) bond motifs is 4. The van der Waals surface area contributed by atoms with Crippen molar-refractivity contribution in [2.45, 2.75) is 38.4 Å². The highest BCUT2D eigenvalue weighted by Gasteiger charge is 2.46. The Morgan fingerprint density at radius 2 is 1.81 bits per heavy atom. The van der Waals surface area contributed by atoms with Gasteiger partial charge in [-0.05, 0) is 38.1 Å². The van der Waals surface area contributed by atoms with Crippen molar-refractivity contribution in [1.29, 1.82) is 0 Å². The van der Waals surface area contributed by atoms with E-state index in [1.165, 1.54) is 0 Å². The van der Waals surface area contributed by atoms with E-state index in [2.05, 4.69) is 11.2 Å². The van der Waals surface area contributed by atoms with E-state index >= 15 is 0 Å². The van der Waals surface area contributed by atoms with E-state index in [1.807, 2.05) is 79.1 Å². The quantitative estimate of drug-likeness (QED) is 0.634. The van der Waals surface area contributed by atoms with Crippen LogP contribution in [0.3, 0.4) is 0 Å². The number of para-hydroxylation sites is 2. The molecule has 2 aliphatic heterocycles. The molecule has 0 bridgehead atoms. The highest BCUT2D eigenvalue weighted by Crippen LogP contribution is 2.49. The molecule has 5 rings (SSSR count). The first-order valence-corrected chi connectivity index (χ1v) is 10.8. The zero-order chi connectivity index (χ0) is 21.6. The summed E-state index contributed by atoms with van der Waals surface area (Å²) in [5.74, 6) is 1.53. The normalized spacial score (nSPS) is 16.6. The van der Waals surface area contributed by atoms with Crippen LogP contribution in [-0.4, -0.2) is 39.8 Å². The summed E-state index contributed by atoms with van der Waals surface area (Å²) < 4.78 is 14.4. The molecule has 0 saturated carbocycles. The number of amides is 1. The fourth-order valence-corrected chi connectivity index (χ4v) is 4.72. The van der Waals surface area contributed by atoms with Gasteiger partial charge >= 0.3 is 0 Å². The van der Waals surface area contributed by atoms with Crippen molar-refractivity contribution in [3.05, 3.63) is 65.9 Å². The molecule has 1 saturated heterocycles. The van der Waals surface area contributed by atoms with Gasteiger partial charge < -0.3 is 14.4 Å². The number of benzene rings is 2. The fourth-order valence-electron chi connectivity index (χ4n) is 4.72. The summed E-state index contributed by atoms with van der Waals surface area (Å²) in [5.41, 5.74) is 3.45. The third kappa shape index (κ3) is 3.26. The van der Waals surface area contributed by atoms with Gasteiger partial charge in [0, 0.05) is 44.1 Å². The SMILES string of the molecule is CC(C)Oc1ccccc1C(=O)N1CCC2(CC1)Oc1ccccc1-c1c2cnn1C. The molecular formula is C25H27N3O3. The molecule has 160 valence electrons. The predicted octanol–water partition coefficient (Wildman–Crippen LogP) is 4.40. The van der Waals surface area contributed by atoms with Gasteiger partial charge in [-0.15, -0.1) is 0 Å². The first-order valence-electron chi connectivity index (χ1n) is 10.8. The molecule has 0 aliphatic carbocycles. The van der Waals surface area contributed by atoms with Crippen molar-refractivity contribution in [1.82, 2.24) is 14.7 Å². The molecule has 31 heavy (non-hydrogen) atoms. The monoisotopic (exact) mass is 417 g/mol. The molecule has 0 unspecified atom stereocenters. The van der Waals surface area contributed by atoms with Gasteiger partial charge in [0.25, 0.3) is 5.91 Å². The van der Waals surface area contributed by atoms with E-state index in [0.717, 1.165) is 35.4 Å². The van der Waals surface area contributed by atoms with Crippen molar-refractivity contribution in [2.24, 2.45) is 7.05 Å². The van der Waals surface area contributed by atoms with Crippen LogP contribution in [0.4, 0.5) is 0 Å². The Kier molecular flexibility index (Phi) is 4.73. The van der Waals surface area contributed by atoms with Crippen molar-refractivity contribution in [2.75, 3.05) is 13.1 Å². The summed E-state index contributed by atoms with van der Waals surface area (Å²) in [5, 5.41) is 4.53. The van der Waals surface area contributed by atoms with Crippen LogP contribution >= 0.6 is 0 Å². The van der Waals surface area contributed by atoms with E-state index in [1.54, 1.807) is 0 Å². The maximum absolute atomic E-state index is 13.3. The van der Waals surface area contributed by atoms with Gasteiger partial charge in [-0.2, -0.15) is 5.10 Å². The molecule has 0 N–H and O–H groups in total. The Hall–Kier alpha value is -3.28. The van der Waals surface area contributed by atoms with Crippen LogP contribution in [0.2, 0.25) is 0 Å². The summed E-state index contributed by atoms with van der Waals surface area (Å²) in [7, 11) is 1.97. The molecule has 3 heterocycles. The molecular weight excluding hydrogens is 390 g/mol. The Balaban J connectivity index is 1.41. The minimum absolute atomic E-state index is 0.00807. The highest BCUT2D eigenvalue weighted by atomic mass is 16.5. The summed E-state index contributed by atoms with van der Waals surface area (Å²) in [4.78, 5) is 15.2. The molecule has 2 aromatic carbocycles. The molecule has 0 atom stereocenters. The molecule has 6 nitrogen and oxygen atoms in total. The number of aromatic nitrogens is 2. The van der Waals surface area contributed by atoms with E-state index in [0.29, 0.717) is 24.4 Å². The molecule has 1 aromatic heterocycles. The van der Waals surface area contributed by atoms with Crippen LogP contribution in [0.1, 0.15) is 42.6 Å². The molecule has 0 radical (unpaired) electrons. The highest BCUT2D eigenvalue weighted by molar-refractivity contribution is 5.97. The number of aryl methyl sites for hydroxylation is 1. The van der Waals surface area contributed by atoms with Crippen molar-refractivity contribution in [3.8, 4) is 22.8 Å². The number of rotatable bonds is 3. The molecule has 1 fully saturated rings. The van der Waals surface area contributed by atoms with Crippen molar-refractivity contribution >= 4 is 5.91 Å².